The van der Waals surface area contributed by atoms with E-state index in [-0.39, 0.29) is 13.2 Å². The van der Waals surface area contributed by atoms with Gasteiger partial charge in [0, 0.05) is 11.3 Å². The molecule has 0 fully saturated rings. The molecule has 7 nitrogen and oxygen atoms in total. The number of benzene rings is 2. The molecule has 2 rings (SSSR count). The van der Waals surface area contributed by atoms with Gasteiger partial charge in [0.15, 0.2) is 13.2 Å². The van der Waals surface area contributed by atoms with E-state index in [4.69, 9.17) is 14.7 Å². The Kier molecular flexibility index (Phi) is 6.89. The molecule has 0 radical (unpaired) electrons. The van der Waals surface area contributed by atoms with Gasteiger partial charge in [0.1, 0.15) is 18.6 Å². The van der Waals surface area contributed by atoms with Crippen LogP contribution in [0.2, 0.25) is 0 Å². The number of esters is 1. The minimum absolute atomic E-state index is 0.153. The lowest BCUT2D eigenvalue weighted by Crippen LogP contribution is -2.35. The van der Waals surface area contributed by atoms with Crippen LogP contribution in [0.5, 0.6) is 5.75 Å². The first-order chi connectivity index (χ1) is 12.6. The summed E-state index contributed by atoms with van der Waals surface area (Å²) in [5.74, 6) is -0.835. The predicted octanol–water partition coefficient (Wildman–Crippen LogP) is 1.98. The van der Waals surface area contributed by atoms with Crippen LogP contribution >= 0.6 is 0 Å². The fourth-order valence-electron chi connectivity index (χ4n) is 2.05. The molecule has 0 saturated heterocycles. The van der Waals surface area contributed by atoms with Gasteiger partial charge in [-0.1, -0.05) is 18.2 Å². The second kappa shape index (κ2) is 9.59. The first kappa shape index (κ1) is 18.7. The Labute approximate surface area is 150 Å². The van der Waals surface area contributed by atoms with Crippen LogP contribution in [0.4, 0.5) is 5.69 Å². The summed E-state index contributed by atoms with van der Waals surface area (Å²) in [6.07, 6.45) is 0.698. The van der Waals surface area contributed by atoms with Crippen molar-refractivity contribution in [2.45, 2.75) is 0 Å². The number of rotatable bonds is 8. The molecule has 0 aliphatic heterocycles. The van der Waals surface area contributed by atoms with E-state index in [0.29, 0.717) is 23.3 Å². The first-order valence-corrected chi connectivity index (χ1v) is 7.70. The summed E-state index contributed by atoms with van der Waals surface area (Å²) >= 11 is 0. The van der Waals surface area contributed by atoms with E-state index in [1.807, 2.05) is 6.07 Å². The molecule has 0 spiro atoms. The van der Waals surface area contributed by atoms with Crippen LogP contribution in [0.3, 0.4) is 0 Å². The van der Waals surface area contributed by atoms with Crippen molar-refractivity contribution in [2.24, 2.45) is 0 Å². The highest BCUT2D eigenvalue weighted by Crippen LogP contribution is 2.13. The highest BCUT2D eigenvalue weighted by molar-refractivity contribution is 5.95. The van der Waals surface area contributed by atoms with Crippen molar-refractivity contribution >= 4 is 23.9 Å². The summed E-state index contributed by atoms with van der Waals surface area (Å²) in [6.45, 7) is -1.03. The summed E-state index contributed by atoms with van der Waals surface area (Å²) < 4.78 is 10.1. The van der Waals surface area contributed by atoms with Gasteiger partial charge in [0.25, 0.3) is 5.91 Å². The SMILES string of the molecule is N#CCN(C(=O)COC(=O)COc1ccc(C=O)cc1)c1ccccc1. The summed E-state index contributed by atoms with van der Waals surface area (Å²) in [6, 6.07) is 16.7. The maximum atomic E-state index is 12.2. The molecule has 0 atom stereocenters. The third-order valence-electron chi connectivity index (χ3n) is 3.33. The van der Waals surface area contributed by atoms with Gasteiger partial charge in [-0.2, -0.15) is 5.26 Å². The van der Waals surface area contributed by atoms with Crippen LogP contribution in [0.25, 0.3) is 0 Å². The zero-order valence-corrected chi connectivity index (χ0v) is 13.8. The molecule has 7 heteroatoms. The predicted molar refractivity (Wildman–Crippen MR) is 92.7 cm³/mol. The van der Waals surface area contributed by atoms with Crippen molar-refractivity contribution in [3.05, 3.63) is 60.2 Å². The largest absolute Gasteiger partial charge is 0.482 e. The zero-order chi connectivity index (χ0) is 18.8. The lowest BCUT2D eigenvalue weighted by molar-refractivity contribution is -0.149. The number of nitriles is 1. The van der Waals surface area contributed by atoms with Gasteiger partial charge in [-0.15, -0.1) is 0 Å². The molecule has 0 aromatic heterocycles. The highest BCUT2D eigenvalue weighted by Gasteiger charge is 2.17. The van der Waals surface area contributed by atoms with Gasteiger partial charge >= 0.3 is 5.97 Å². The quantitative estimate of drug-likeness (QED) is 0.409. The molecule has 2 aromatic carbocycles. The Morgan fingerprint density at radius 2 is 1.73 bits per heavy atom. The number of carbonyl (C=O) groups is 3. The van der Waals surface area contributed by atoms with Gasteiger partial charge in [-0.3, -0.25) is 14.5 Å². The molecule has 0 unspecified atom stereocenters. The maximum Gasteiger partial charge on any atom is 0.344 e. The van der Waals surface area contributed by atoms with Crippen LogP contribution in [-0.4, -0.2) is 37.9 Å². The lowest BCUT2D eigenvalue weighted by Gasteiger charge is -2.19. The highest BCUT2D eigenvalue weighted by atomic mass is 16.6. The molecule has 26 heavy (non-hydrogen) atoms. The van der Waals surface area contributed by atoms with E-state index in [1.54, 1.807) is 54.6 Å². The summed E-state index contributed by atoms with van der Waals surface area (Å²) in [7, 11) is 0. The van der Waals surface area contributed by atoms with E-state index in [2.05, 4.69) is 0 Å². The van der Waals surface area contributed by atoms with E-state index < -0.39 is 18.5 Å². The van der Waals surface area contributed by atoms with Crippen molar-refractivity contribution < 1.29 is 23.9 Å². The smallest absolute Gasteiger partial charge is 0.344 e. The van der Waals surface area contributed by atoms with Crippen LogP contribution < -0.4 is 9.64 Å². The summed E-state index contributed by atoms with van der Waals surface area (Å²) in [5, 5.41) is 8.88. The third kappa shape index (κ3) is 5.46. The Bertz CT molecular complexity index is 797. The Balaban J connectivity index is 1.84. The van der Waals surface area contributed by atoms with Crippen LogP contribution in [0.15, 0.2) is 54.6 Å². The number of amides is 1. The molecule has 132 valence electrons. The van der Waals surface area contributed by atoms with Crippen molar-refractivity contribution in [3.63, 3.8) is 0 Å². The normalized spacial score (nSPS) is 9.65. The topological polar surface area (TPSA) is 96.7 Å². The number of carbonyl (C=O) groups excluding carboxylic acids is 3. The average Bonchev–Trinajstić information content (AvgIpc) is 2.69. The Morgan fingerprint density at radius 3 is 2.35 bits per heavy atom. The molecule has 2 aromatic rings. The number of para-hydroxylation sites is 1. The number of nitrogens with zero attached hydrogens (tertiary/aromatic N) is 2. The molecule has 0 aliphatic rings. The molecule has 0 bridgehead atoms. The summed E-state index contributed by atoms with van der Waals surface area (Å²) in [5.41, 5.74) is 1.03. The minimum Gasteiger partial charge on any atom is -0.482 e. The molecule has 0 saturated carbocycles. The molecule has 0 heterocycles. The number of anilines is 1. The van der Waals surface area contributed by atoms with Gasteiger partial charge in [0.2, 0.25) is 0 Å². The fourth-order valence-corrected chi connectivity index (χ4v) is 2.05. The minimum atomic E-state index is -0.720. The lowest BCUT2D eigenvalue weighted by atomic mass is 10.2. The molecule has 0 N–H and O–H groups in total. The second-order valence-electron chi connectivity index (χ2n) is 5.11. The average molecular weight is 352 g/mol. The monoisotopic (exact) mass is 352 g/mol. The fraction of sp³-hybridized carbons (Fsp3) is 0.158. The van der Waals surface area contributed by atoms with E-state index >= 15 is 0 Å². The van der Waals surface area contributed by atoms with Gasteiger partial charge < -0.3 is 9.47 Å². The van der Waals surface area contributed by atoms with Crippen molar-refractivity contribution in [1.29, 1.82) is 5.26 Å². The van der Waals surface area contributed by atoms with Crippen LogP contribution in [0.1, 0.15) is 10.4 Å². The molecule has 1 amide bonds. The van der Waals surface area contributed by atoms with E-state index in [9.17, 15) is 14.4 Å². The first-order valence-electron chi connectivity index (χ1n) is 7.70. The van der Waals surface area contributed by atoms with Crippen molar-refractivity contribution in [2.75, 3.05) is 24.7 Å². The molecular weight excluding hydrogens is 336 g/mol. The zero-order valence-electron chi connectivity index (χ0n) is 13.8. The third-order valence-corrected chi connectivity index (χ3v) is 3.33. The van der Waals surface area contributed by atoms with Crippen LogP contribution in [-0.2, 0) is 14.3 Å². The number of hydrogen-bond acceptors (Lipinski definition) is 6. The van der Waals surface area contributed by atoms with Gasteiger partial charge in [0.05, 0.1) is 6.07 Å². The van der Waals surface area contributed by atoms with Crippen LogP contribution in [0, 0.1) is 11.3 Å². The Hall–Kier alpha value is -3.66. The second-order valence-corrected chi connectivity index (χ2v) is 5.11. The standard InChI is InChI=1S/C19H16N2O5/c20-10-11-21(16-4-2-1-3-5-16)18(23)13-26-19(24)14-25-17-8-6-15(12-22)7-9-17/h1-9,12H,11,13-14H2. The number of aldehydes is 1. The molecular formula is C19H16N2O5. The Morgan fingerprint density at radius 1 is 1.04 bits per heavy atom. The maximum absolute atomic E-state index is 12.2. The summed E-state index contributed by atoms with van der Waals surface area (Å²) in [4.78, 5) is 35.7. The van der Waals surface area contributed by atoms with Crippen molar-refractivity contribution in [3.8, 4) is 11.8 Å². The number of ether oxygens (including phenoxy) is 2. The van der Waals surface area contributed by atoms with Crippen molar-refractivity contribution in [1.82, 2.24) is 0 Å². The van der Waals surface area contributed by atoms with E-state index in [1.165, 1.54) is 4.90 Å². The van der Waals surface area contributed by atoms with Gasteiger partial charge in [-0.25, -0.2) is 4.79 Å². The van der Waals surface area contributed by atoms with E-state index in [0.717, 1.165) is 0 Å². The number of hydrogen-bond donors (Lipinski definition) is 0. The van der Waals surface area contributed by atoms with Gasteiger partial charge in [-0.05, 0) is 36.4 Å². The molecule has 0 aliphatic carbocycles.